The van der Waals surface area contributed by atoms with Crippen LogP contribution in [0.15, 0.2) is 17.1 Å². The first-order chi connectivity index (χ1) is 11.1. The lowest BCUT2D eigenvalue weighted by atomic mass is 10.1. The van der Waals surface area contributed by atoms with Gasteiger partial charge in [-0.2, -0.15) is 4.98 Å². The normalized spacial score (nSPS) is 27.4. The van der Waals surface area contributed by atoms with Gasteiger partial charge in [0.2, 0.25) is 0 Å². The number of anilines is 1. The van der Waals surface area contributed by atoms with Crippen molar-refractivity contribution < 1.29 is 18.2 Å². The molecule has 0 saturated carbocycles. The molecule has 1 aromatic rings. The first-order valence-corrected chi connectivity index (χ1v) is 10.9. The van der Waals surface area contributed by atoms with E-state index >= 15 is 0 Å². The lowest BCUT2D eigenvalue weighted by Gasteiger charge is -2.19. The summed E-state index contributed by atoms with van der Waals surface area (Å²) in [6, 6.07) is 1.66. The van der Waals surface area contributed by atoms with Crippen molar-refractivity contribution in [2.24, 2.45) is 0 Å². The zero-order valence-corrected chi connectivity index (χ0v) is 16.1. The molecule has 2 heterocycles. The average Bonchev–Trinajstić information content (AvgIpc) is 2.80. The molecule has 0 radical (unpaired) electrons. The number of aromatic nitrogens is 2. The Hall–Kier alpha value is -0.890. The summed E-state index contributed by atoms with van der Waals surface area (Å²) in [5, 5.41) is -1.11. The van der Waals surface area contributed by atoms with E-state index in [9.17, 15) is 13.8 Å². The molecule has 0 unspecified atom stereocenters. The van der Waals surface area contributed by atoms with E-state index in [-0.39, 0.29) is 11.9 Å². The van der Waals surface area contributed by atoms with Gasteiger partial charge in [-0.3, -0.25) is 9.13 Å². The van der Waals surface area contributed by atoms with Crippen molar-refractivity contribution in [3.63, 3.8) is 0 Å². The molecular formula is C14H23FN3O4PS. The highest BCUT2D eigenvalue weighted by molar-refractivity contribution is 8.00. The van der Waals surface area contributed by atoms with E-state index in [1.807, 2.05) is 0 Å². The van der Waals surface area contributed by atoms with Crippen LogP contribution < -0.4 is 10.6 Å². The maximum absolute atomic E-state index is 14.8. The average molecular weight is 379 g/mol. The van der Waals surface area contributed by atoms with E-state index in [1.54, 1.807) is 25.1 Å². The molecule has 0 bridgehead atoms. The summed E-state index contributed by atoms with van der Waals surface area (Å²) in [5.41, 5.74) is -0.519. The second-order valence-electron chi connectivity index (χ2n) is 6.13. The minimum absolute atomic E-state index is 0.0995. The first kappa shape index (κ1) is 19.4. The van der Waals surface area contributed by atoms with Crippen LogP contribution >= 0.6 is 19.1 Å². The van der Waals surface area contributed by atoms with Crippen LogP contribution in [-0.4, -0.2) is 68.2 Å². The lowest BCUT2D eigenvalue weighted by molar-refractivity contribution is 0.0252. The van der Waals surface area contributed by atoms with Crippen LogP contribution in [0, 0.1) is 0 Å². The number of methoxy groups -OCH3 is 1. The molecule has 1 aliphatic heterocycles. The number of thioether (sulfide) groups is 1. The Balaban J connectivity index is 2.22. The van der Waals surface area contributed by atoms with E-state index in [1.165, 1.54) is 43.0 Å². The number of nitrogens with zero attached hydrogens (tertiary/aromatic N) is 3. The van der Waals surface area contributed by atoms with Crippen molar-refractivity contribution in [2.45, 2.75) is 22.9 Å². The van der Waals surface area contributed by atoms with Crippen molar-refractivity contribution in [3.05, 3.63) is 22.7 Å². The van der Waals surface area contributed by atoms with Crippen LogP contribution in [0.1, 0.15) is 5.37 Å². The molecule has 0 spiro atoms. The monoisotopic (exact) mass is 379 g/mol. The zero-order valence-electron chi connectivity index (χ0n) is 14.4. The van der Waals surface area contributed by atoms with Gasteiger partial charge in [0.1, 0.15) is 17.3 Å². The van der Waals surface area contributed by atoms with Gasteiger partial charge in [0, 0.05) is 40.7 Å². The lowest BCUT2D eigenvalue weighted by Crippen LogP contribution is -2.35. The predicted octanol–water partition coefficient (Wildman–Crippen LogP) is 1.83. The highest BCUT2D eigenvalue weighted by atomic mass is 32.2. The van der Waals surface area contributed by atoms with Gasteiger partial charge in [-0.15, -0.1) is 11.8 Å². The Bertz CT molecular complexity index is 680. The highest BCUT2D eigenvalue weighted by Crippen LogP contribution is 2.46. The van der Waals surface area contributed by atoms with Gasteiger partial charge in [0.25, 0.3) is 0 Å². The van der Waals surface area contributed by atoms with Crippen molar-refractivity contribution in [3.8, 4) is 0 Å². The maximum atomic E-state index is 14.8. The van der Waals surface area contributed by atoms with Crippen LogP contribution in [0.5, 0.6) is 0 Å². The molecule has 24 heavy (non-hydrogen) atoms. The van der Waals surface area contributed by atoms with Gasteiger partial charge in [-0.1, -0.05) is 0 Å². The van der Waals surface area contributed by atoms with Gasteiger partial charge in [0.05, 0.1) is 11.9 Å². The summed E-state index contributed by atoms with van der Waals surface area (Å²) in [5.74, 6) is 0.510. The van der Waals surface area contributed by atoms with Gasteiger partial charge in [-0.05, 0) is 6.07 Å². The number of halogens is 1. The van der Waals surface area contributed by atoms with Crippen LogP contribution in [0.2, 0.25) is 0 Å². The molecule has 0 amide bonds. The molecule has 1 aromatic heterocycles. The SMILES string of the molecule is CO[C@H]1[C@H](F)[C@H](n2ccc(N(C)C)nc2=O)S[C@@H]1COP(C)(C)=O. The summed E-state index contributed by atoms with van der Waals surface area (Å²) in [6.45, 7) is 3.11. The first-order valence-electron chi connectivity index (χ1n) is 7.42. The summed E-state index contributed by atoms with van der Waals surface area (Å²) >= 11 is 1.24. The molecule has 4 atom stereocenters. The van der Waals surface area contributed by atoms with Crippen molar-refractivity contribution in [1.29, 1.82) is 0 Å². The molecule has 136 valence electrons. The molecular weight excluding hydrogens is 356 g/mol. The Kier molecular flexibility index (Phi) is 6.12. The topological polar surface area (TPSA) is 73.7 Å². The summed E-state index contributed by atoms with van der Waals surface area (Å²) in [7, 11) is 2.29. The smallest absolute Gasteiger partial charge is 0.350 e. The molecule has 2 rings (SSSR count). The summed E-state index contributed by atoms with van der Waals surface area (Å²) < 4.78 is 38.4. The van der Waals surface area contributed by atoms with Crippen molar-refractivity contribution >= 4 is 24.9 Å². The largest absolute Gasteiger partial charge is 0.377 e. The third-order valence-electron chi connectivity index (χ3n) is 3.64. The zero-order chi connectivity index (χ0) is 18.1. The molecule has 7 nitrogen and oxygen atoms in total. The third kappa shape index (κ3) is 4.39. The molecule has 10 heteroatoms. The van der Waals surface area contributed by atoms with E-state index in [0.29, 0.717) is 5.82 Å². The number of hydrogen-bond donors (Lipinski definition) is 0. The summed E-state index contributed by atoms with van der Waals surface area (Å²) in [4.78, 5) is 17.9. The molecule has 0 N–H and O–H groups in total. The fourth-order valence-electron chi connectivity index (χ4n) is 2.43. The number of hydrogen-bond acceptors (Lipinski definition) is 7. The minimum Gasteiger partial charge on any atom is -0.377 e. The second kappa shape index (κ2) is 7.56. The number of ether oxygens (including phenoxy) is 1. The van der Waals surface area contributed by atoms with E-state index < -0.39 is 30.7 Å². The maximum Gasteiger partial charge on any atom is 0.350 e. The molecule has 0 aromatic carbocycles. The van der Waals surface area contributed by atoms with Gasteiger partial charge >= 0.3 is 5.69 Å². The predicted molar refractivity (Wildman–Crippen MR) is 94.3 cm³/mol. The van der Waals surface area contributed by atoms with Crippen LogP contribution in [0.25, 0.3) is 0 Å². The Morgan fingerprint density at radius 1 is 1.46 bits per heavy atom. The van der Waals surface area contributed by atoms with E-state index in [2.05, 4.69) is 4.98 Å². The van der Waals surface area contributed by atoms with Crippen molar-refractivity contribution in [2.75, 3.05) is 46.0 Å². The highest BCUT2D eigenvalue weighted by Gasteiger charge is 2.46. The fraction of sp³-hybridized carbons (Fsp3) is 0.714. The molecule has 1 fully saturated rings. The Morgan fingerprint density at radius 2 is 2.12 bits per heavy atom. The minimum atomic E-state index is -2.67. The quantitative estimate of drug-likeness (QED) is 0.698. The summed E-state index contributed by atoms with van der Waals surface area (Å²) in [6.07, 6.45) is -0.603. The van der Waals surface area contributed by atoms with Crippen LogP contribution in [0.3, 0.4) is 0 Å². The number of rotatable bonds is 6. The van der Waals surface area contributed by atoms with Crippen molar-refractivity contribution in [1.82, 2.24) is 9.55 Å². The number of alkyl halides is 1. The van der Waals surface area contributed by atoms with Gasteiger partial charge < -0.3 is 14.2 Å². The third-order valence-corrected chi connectivity index (χ3v) is 5.93. The molecule has 1 saturated heterocycles. The van der Waals surface area contributed by atoms with Crippen LogP contribution in [-0.2, 0) is 13.8 Å². The van der Waals surface area contributed by atoms with E-state index in [4.69, 9.17) is 9.26 Å². The molecule has 0 aliphatic carbocycles. The molecule has 1 aliphatic rings. The van der Waals surface area contributed by atoms with Crippen LogP contribution in [0.4, 0.5) is 10.2 Å². The Morgan fingerprint density at radius 3 is 2.62 bits per heavy atom. The Labute approximate surface area is 145 Å². The fourth-order valence-corrected chi connectivity index (χ4v) is 4.57. The van der Waals surface area contributed by atoms with Gasteiger partial charge in [0.15, 0.2) is 13.5 Å². The second-order valence-corrected chi connectivity index (χ2v) is 10.3. The standard InChI is InChI=1S/C14H23FN3O4PS/c1-17(2)10-6-7-18(14(19)16-10)13-11(15)12(21-3)9(24-13)8-22-23(4,5)20/h6-7,9,11-13H,8H2,1-5H3/t9-,11+,12-,13-/m1/s1. The van der Waals surface area contributed by atoms with Gasteiger partial charge in [-0.25, -0.2) is 9.18 Å². The van der Waals surface area contributed by atoms with E-state index in [0.717, 1.165) is 0 Å².